The average molecular weight is 277 g/mol. The summed E-state index contributed by atoms with van der Waals surface area (Å²) in [5.74, 6) is -0.577. The van der Waals surface area contributed by atoms with Gasteiger partial charge in [-0.2, -0.15) is 0 Å². The van der Waals surface area contributed by atoms with Crippen molar-refractivity contribution in [1.82, 2.24) is 5.32 Å². The van der Waals surface area contributed by atoms with Crippen molar-refractivity contribution in [3.63, 3.8) is 0 Å². The van der Waals surface area contributed by atoms with E-state index in [0.717, 1.165) is 0 Å². The van der Waals surface area contributed by atoms with Crippen LogP contribution in [0.2, 0.25) is 0 Å². The minimum atomic E-state index is -0.668. The third kappa shape index (κ3) is 4.50. The molecule has 0 heterocycles. The van der Waals surface area contributed by atoms with Gasteiger partial charge in [-0.25, -0.2) is 4.79 Å². The lowest BCUT2D eigenvalue weighted by atomic mass is 10.0. The second-order valence-electron chi connectivity index (χ2n) is 4.92. The number of rotatable bonds is 6. The molecule has 0 saturated heterocycles. The fourth-order valence-corrected chi connectivity index (χ4v) is 1.78. The Morgan fingerprint density at radius 2 is 1.85 bits per heavy atom. The van der Waals surface area contributed by atoms with Gasteiger partial charge in [-0.15, -0.1) is 0 Å². The number of hydrogen-bond acceptors (Lipinski definition) is 4. The van der Waals surface area contributed by atoms with Gasteiger partial charge in [-0.05, 0) is 24.5 Å². The molecule has 5 heteroatoms. The van der Waals surface area contributed by atoms with Gasteiger partial charge in [0.2, 0.25) is 0 Å². The summed E-state index contributed by atoms with van der Waals surface area (Å²) in [5, 5.41) is 2.65. The Balaban J connectivity index is 2.78. The van der Waals surface area contributed by atoms with Crippen molar-refractivity contribution in [2.75, 3.05) is 7.11 Å². The van der Waals surface area contributed by atoms with Gasteiger partial charge in [0.05, 0.1) is 7.11 Å². The molecule has 0 unspecified atom stereocenters. The van der Waals surface area contributed by atoms with Crippen LogP contribution in [0.5, 0.6) is 0 Å². The molecule has 0 saturated carbocycles. The molecule has 1 aromatic rings. The van der Waals surface area contributed by atoms with E-state index in [1.165, 1.54) is 7.11 Å². The van der Waals surface area contributed by atoms with Gasteiger partial charge in [0.15, 0.2) is 0 Å². The average Bonchev–Trinajstić information content (AvgIpc) is 2.45. The van der Waals surface area contributed by atoms with Crippen molar-refractivity contribution in [3.8, 4) is 0 Å². The first-order valence-electron chi connectivity index (χ1n) is 6.41. The molecule has 1 amide bonds. The molecular formula is C15H19NO4. The summed E-state index contributed by atoms with van der Waals surface area (Å²) < 4.78 is 4.69. The molecule has 108 valence electrons. The molecule has 0 aliphatic heterocycles. The third-order valence-electron chi connectivity index (χ3n) is 2.81. The number of aldehydes is 1. The smallest absolute Gasteiger partial charge is 0.328 e. The fourth-order valence-electron chi connectivity index (χ4n) is 1.78. The molecule has 0 spiro atoms. The number of benzene rings is 1. The Morgan fingerprint density at radius 3 is 2.30 bits per heavy atom. The molecule has 1 aromatic carbocycles. The zero-order valence-corrected chi connectivity index (χ0v) is 11.9. The predicted octanol–water partition coefficient (Wildman–Crippen LogP) is 1.82. The largest absolute Gasteiger partial charge is 0.467 e. The first kappa shape index (κ1) is 15.9. The van der Waals surface area contributed by atoms with Crippen molar-refractivity contribution in [2.45, 2.75) is 26.3 Å². The molecule has 0 aromatic heterocycles. The Hall–Kier alpha value is -2.17. The van der Waals surface area contributed by atoms with Crippen molar-refractivity contribution >= 4 is 18.2 Å². The molecule has 0 aliphatic rings. The normalized spacial score (nSPS) is 11.8. The van der Waals surface area contributed by atoms with E-state index >= 15 is 0 Å². The molecule has 0 fully saturated rings. The van der Waals surface area contributed by atoms with Crippen LogP contribution in [-0.2, 0) is 9.53 Å². The third-order valence-corrected chi connectivity index (χ3v) is 2.81. The number of ether oxygens (including phenoxy) is 1. The zero-order chi connectivity index (χ0) is 15.1. The highest BCUT2D eigenvalue weighted by atomic mass is 16.5. The molecule has 1 N–H and O–H groups in total. The molecule has 1 rings (SSSR count). The SMILES string of the molecule is COC(=O)[C@H](CC(C)C)NC(=O)c1ccc(C=O)cc1. The van der Waals surface area contributed by atoms with Crippen molar-refractivity contribution in [2.24, 2.45) is 5.92 Å². The maximum Gasteiger partial charge on any atom is 0.328 e. The number of amides is 1. The number of carbonyl (C=O) groups is 3. The van der Waals surface area contributed by atoms with Gasteiger partial charge in [0, 0.05) is 11.1 Å². The summed E-state index contributed by atoms with van der Waals surface area (Å²) in [6.07, 6.45) is 1.21. The Labute approximate surface area is 118 Å². The van der Waals surface area contributed by atoms with Crippen LogP contribution in [0, 0.1) is 5.92 Å². The van der Waals surface area contributed by atoms with E-state index in [1.807, 2.05) is 13.8 Å². The number of esters is 1. The summed E-state index contributed by atoms with van der Waals surface area (Å²) in [4.78, 5) is 34.2. The number of methoxy groups -OCH3 is 1. The fraction of sp³-hybridized carbons (Fsp3) is 0.400. The lowest BCUT2D eigenvalue weighted by Crippen LogP contribution is -2.42. The summed E-state index contributed by atoms with van der Waals surface area (Å²) in [7, 11) is 1.29. The highest BCUT2D eigenvalue weighted by Gasteiger charge is 2.23. The highest BCUT2D eigenvalue weighted by molar-refractivity contribution is 5.97. The summed E-state index contributed by atoms with van der Waals surface area (Å²) in [5.41, 5.74) is 0.890. The second kappa shape index (κ2) is 7.43. The number of hydrogen-bond donors (Lipinski definition) is 1. The monoisotopic (exact) mass is 277 g/mol. The van der Waals surface area contributed by atoms with Gasteiger partial charge in [-0.3, -0.25) is 9.59 Å². The van der Waals surface area contributed by atoms with Crippen LogP contribution in [0.3, 0.4) is 0 Å². The predicted molar refractivity (Wildman–Crippen MR) is 74.6 cm³/mol. The van der Waals surface area contributed by atoms with Crippen molar-refractivity contribution in [3.05, 3.63) is 35.4 Å². The van der Waals surface area contributed by atoms with E-state index in [2.05, 4.69) is 10.1 Å². The van der Waals surface area contributed by atoms with E-state index in [4.69, 9.17) is 0 Å². The summed E-state index contributed by atoms with van der Waals surface area (Å²) in [6, 6.07) is 5.53. The zero-order valence-electron chi connectivity index (χ0n) is 11.9. The molecule has 0 aliphatic carbocycles. The van der Waals surface area contributed by atoms with E-state index in [9.17, 15) is 14.4 Å². The quantitative estimate of drug-likeness (QED) is 0.636. The first-order valence-corrected chi connectivity index (χ1v) is 6.41. The van der Waals surface area contributed by atoms with E-state index in [-0.39, 0.29) is 11.8 Å². The minimum Gasteiger partial charge on any atom is -0.467 e. The van der Waals surface area contributed by atoms with E-state index < -0.39 is 12.0 Å². The maximum absolute atomic E-state index is 12.0. The van der Waals surface area contributed by atoms with Crippen molar-refractivity contribution < 1.29 is 19.1 Å². The molecule has 20 heavy (non-hydrogen) atoms. The van der Waals surface area contributed by atoms with Crippen LogP contribution in [0.15, 0.2) is 24.3 Å². The Bertz CT molecular complexity index is 479. The van der Waals surface area contributed by atoms with Gasteiger partial charge < -0.3 is 10.1 Å². The van der Waals surface area contributed by atoms with Crippen LogP contribution in [0.1, 0.15) is 41.0 Å². The van der Waals surface area contributed by atoms with Gasteiger partial charge in [0.1, 0.15) is 12.3 Å². The molecule has 1 atom stereocenters. The minimum absolute atomic E-state index is 0.247. The highest BCUT2D eigenvalue weighted by Crippen LogP contribution is 2.08. The van der Waals surface area contributed by atoms with Crippen LogP contribution < -0.4 is 5.32 Å². The van der Waals surface area contributed by atoms with Crippen LogP contribution >= 0.6 is 0 Å². The topological polar surface area (TPSA) is 72.5 Å². The van der Waals surface area contributed by atoms with Gasteiger partial charge in [0.25, 0.3) is 5.91 Å². The molecule has 0 radical (unpaired) electrons. The maximum atomic E-state index is 12.0. The van der Waals surface area contributed by atoms with Crippen LogP contribution in [-0.4, -0.2) is 31.3 Å². The second-order valence-corrected chi connectivity index (χ2v) is 4.92. The van der Waals surface area contributed by atoms with Crippen LogP contribution in [0.4, 0.5) is 0 Å². The number of nitrogens with one attached hydrogen (secondary N) is 1. The molecule has 0 bridgehead atoms. The van der Waals surface area contributed by atoms with E-state index in [0.29, 0.717) is 23.8 Å². The molecular weight excluding hydrogens is 258 g/mol. The van der Waals surface area contributed by atoms with Gasteiger partial charge >= 0.3 is 5.97 Å². The van der Waals surface area contributed by atoms with Crippen LogP contribution in [0.25, 0.3) is 0 Å². The first-order chi connectivity index (χ1) is 9.47. The molecule has 5 nitrogen and oxygen atoms in total. The van der Waals surface area contributed by atoms with Crippen molar-refractivity contribution in [1.29, 1.82) is 0 Å². The number of carbonyl (C=O) groups excluding carboxylic acids is 3. The standard InChI is InChI=1S/C15H19NO4/c1-10(2)8-13(15(19)20-3)16-14(18)12-6-4-11(9-17)5-7-12/h4-7,9-10,13H,8H2,1-3H3,(H,16,18)/t13-/m0/s1. The summed E-state index contributed by atoms with van der Waals surface area (Å²) in [6.45, 7) is 3.92. The van der Waals surface area contributed by atoms with Gasteiger partial charge in [-0.1, -0.05) is 26.0 Å². The lowest BCUT2D eigenvalue weighted by molar-refractivity contribution is -0.143. The Kier molecular flexibility index (Phi) is 5.90. The van der Waals surface area contributed by atoms with E-state index in [1.54, 1.807) is 24.3 Å². The lowest BCUT2D eigenvalue weighted by Gasteiger charge is -2.18. The Morgan fingerprint density at radius 1 is 1.25 bits per heavy atom. The summed E-state index contributed by atoms with van der Waals surface area (Å²) >= 11 is 0.